The highest BCUT2D eigenvalue weighted by molar-refractivity contribution is 5.93. The zero-order valence-electron chi connectivity index (χ0n) is 11.8. The van der Waals surface area contributed by atoms with Crippen molar-refractivity contribution in [2.45, 2.75) is 38.3 Å². The first-order chi connectivity index (χ1) is 10.2. The Hall–Kier alpha value is -1.96. The molecule has 0 bridgehead atoms. The summed E-state index contributed by atoms with van der Waals surface area (Å²) < 4.78 is 1.44. The van der Waals surface area contributed by atoms with Gasteiger partial charge in [-0.2, -0.15) is 0 Å². The SMILES string of the molecule is O=C(Cn1cc(NC(=O)C2CC2)nn1)NC1CCNCC1. The lowest BCUT2D eigenvalue weighted by molar-refractivity contribution is -0.122. The highest BCUT2D eigenvalue weighted by Gasteiger charge is 2.30. The Balaban J connectivity index is 1.46. The maximum absolute atomic E-state index is 11.9. The van der Waals surface area contributed by atoms with Gasteiger partial charge in [0.1, 0.15) is 6.54 Å². The molecule has 1 saturated carbocycles. The second kappa shape index (κ2) is 6.21. The predicted molar refractivity (Wildman–Crippen MR) is 75.4 cm³/mol. The van der Waals surface area contributed by atoms with Crippen LogP contribution in [0.3, 0.4) is 0 Å². The highest BCUT2D eigenvalue weighted by atomic mass is 16.2. The fraction of sp³-hybridized carbons (Fsp3) is 0.692. The number of carbonyl (C=O) groups is 2. The van der Waals surface area contributed by atoms with E-state index < -0.39 is 0 Å². The molecule has 0 radical (unpaired) electrons. The van der Waals surface area contributed by atoms with Crippen LogP contribution in [0.2, 0.25) is 0 Å². The molecular formula is C13H20N6O2. The van der Waals surface area contributed by atoms with Crippen LogP contribution >= 0.6 is 0 Å². The molecule has 0 spiro atoms. The smallest absolute Gasteiger partial charge is 0.242 e. The minimum atomic E-state index is -0.0770. The first kappa shape index (κ1) is 14.0. The van der Waals surface area contributed by atoms with E-state index in [1.165, 1.54) is 4.68 Å². The third-order valence-corrected chi connectivity index (χ3v) is 3.75. The van der Waals surface area contributed by atoms with Crippen molar-refractivity contribution in [3.63, 3.8) is 0 Å². The van der Waals surface area contributed by atoms with Crippen molar-refractivity contribution < 1.29 is 9.59 Å². The largest absolute Gasteiger partial charge is 0.352 e. The average molecular weight is 292 g/mol. The summed E-state index contributed by atoms with van der Waals surface area (Å²) in [7, 11) is 0. The number of anilines is 1. The molecule has 1 aliphatic carbocycles. The third kappa shape index (κ3) is 4.01. The fourth-order valence-electron chi connectivity index (χ4n) is 2.39. The topological polar surface area (TPSA) is 101 Å². The van der Waals surface area contributed by atoms with Gasteiger partial charge < -0.3 is 16.0 Å². The summed E-state index contributed by atoms with van der Waals surface area (Å²) in [5.74, 6) is 0.438. The van der Waals surface area contributed by atoms with Crippen LogP contribution in [0.1, 0.15) is 25.7 Å². The molecule has 114 valence electrons. The van der Waals surface area contributed by atoms with E-state index >= 15 is 0 Å². The van der Waals surface area contributed by atoms with Crippen LogP contribution in [0.5, 0.6) is 0 Å². The zero-order chi connectivity index (χ0) is 14.7. The molecule has 2 aliphatic rings. The maximum atomic E-state index is 11.9. The first-order valence-corrected chi connectivity index (χ1v) is 7.42. The Morgan fingerprint density at radius 1 is 1.29 bits per heavy atom. The summed E-state index contributed by atoms with van der Waals surface area (Å²) in [6.45, 7) is 1.99. The fourth-order valence-corrected chi connectivity index (χ4v) is 2.39. The van der Waals surface area contributed by atoms with Gasteiger partial charge in [-0.25, -0.2) is 4.68 Å². The van der Waals surface area contributed by atoms with E-state index in [-0.39, 0.29) is 30.3 Å². The van der Waals surface area contributed by atoms with Crippen molar-refractivity contribution in [2.75, 3.05) is 18.4 Å². The van der Waals surface area contributed by atoms with E-state index in [1.54, 1.807) is 6.20 Å². The third-order valence-electron chi connectivity index (χ3n) is 3.75. The van der Waals surface area contributed by atoms with Crippen LogP contribution in [0, 0.1) is 5.92 Å². The Morgan fingerprint density at radius 2 is 2.05 bits per heavy atom. The molecule has 3 rings (SSSR count). The number of nitrogens with zero attached hydrogens (tertiary/aromatic N) is 3. The number of aromatic nitrogens is 3. The Bertz CT molecular complexity index is 518. The quantitative estimate of drug-likeness (QED) is 0.679. The van der Waals surface area contributed by atoms with Crippen molar-refractivity contribution in [3.8, 4) is 0 Å². The predicted octanol–water partition coefficient (Wildman–Crippen LogP) is -0.505. The second-order valence-electron chi connectivity index (χ2n) is 5.66. The van der Waals surface area contributed by atoms with Crippen LogP contribution in [0.15, 0.2) is 6.20 Å². The van der Waals surface area contributed by atoms with Crippen LogP contribution in [-0.4, -0.2) is 45.9 Å². The first-order valence-electron chi connectivity index (χ1n) is 7.42. The molecule has 8 nitrogen and oxygen atoms in total. The van der Waals surface area contributed by atoms with Crippen molar-refractivity contribution in [1.82, 2.24) is 25.6 Å². The standard InChI is InChI=1S/C13H20N6O2/c20-12(15-10-3-5-14-6-4-10)8-19-7-11(17-18-19)16-13(21)9-1-2-9/h7,9-10,14H,1-6,8H2,(H,15,20)(H,16,21). The number of nitrogens with one attached hydrogen (secondary N) is 3. The summed E-state index contributed by atoms with van der Waals surface area (Å²) >= 11 is 0. The maximum Gasteiger partial charge on any atom is 0.242 e. The number of amides is 2. The molecular weight excluding hydrogens is 272 g/mol. The van der Waals surface area contributed by atoms with Crippen molar-refractivity contribution >= 4 is 17.6 Å². The molecule has 0 atom stereocenters. The second-order valence-corrected chi connectivity index (χ2v) is 5.66. The zero-order valence-corrected chi connectivity index (χ0v) is 11.8. The molecule has 0 unspecified atom stereocenters. The number of hydrogen-bond donors (Lipinski definition) is 3. The van der Waals surface area contributed by atoms with E-state index in [0.29, 0.717) is 5.82 Å². The number of carbonyl (C=O) groups excluding carboxylic acids is 2. The van der Waals surface area contributed by atoms with Gasteiger partial charge in [-0.1, -0.05) is 5.21 Å². The van der Waals surface area contributed by atoms with Gasteiger partial charge in [0.25, 0.3) is 0 Å². The lowest BCUT2D eigenvalue weighted by Gasteiger charge is -2.23. The minimum Gasteiger partial charge on any atom is -0.352 e. The van der Waals surface area contributed by atoms with Crippen LogP contribution < -0.4 is 16.0 Å². The summed E-state index contributed by atoms with van der Waals surface area (Å²) in [6.07, 6.45) is 5.37. The lowest BCUT2D eigenvalue weighted by atomic mass is 10.1. The van der Waals surface area contributed by atoms with E-state index in [4.69, 9.17) is 0 Å². The van der Waals surface area contributed by atoms with E-state index in [0.717, 1.165) is 38.8 Å². The number of rotatable bonds is 5. The van der Waals surface area contributed by atoms with Gasteiger partial charge in [0.2, 0.25) is 11.8 Å². The Morgan fingerprint density at radius 3 is 2.76 bits per heavy atom. The molecule has 2 fully saturated rings. The van der Waals surface area contributed by atoms with E-state index in [1.807, 2.05) is 0 Å². The minimum absolute atomic E-state index is 0.0128. The molecule has 1 aliphatic heterocycles. The lowest BCUT2D eigenvalue weighted by Crippen LogP contribution is -2.43. The number of hydrogen-bond acceptors (Lipinski definition) is 5. The molecule has 2 heterocycles. The summed E-state index contributed by atoms with van der Waals surface area (Å²) in [6, 6.07) is 0.233. The molecule has 3 N–H and O–H groups in total. The highest BCUT2D eigenvalue weighted by Crippen LogP contribution is 2.29. The van der Waals surface area contributed by atoms with Gasteiger partial charge in [-0.15, -0.1) is 5.10 Å². The van der Waals surface area contributed by atoms with Crippen molar-refractivity contribution in [2.24, 2.45) is 5.92 Å². The normalized spacial score (nSPS) is 19.2. The molecule has 1 aromatic heterocycles. The monoisotopic (exact) mass is 292 g/mol. The summed E-state index contributed by atoms with van der Waals surface area (Å²) in [5, 5.41) is 16.7. The molecule has 8 heteroatoms. The van der Waals surface area contributed by atoms with Crippen LogP contribution in [0.25, 0.3) is 0 Å². The molecule has 1 aromatic rings. The van der Waals surface area contributed by atoms with E-state index in [9.17, 15) is 9.59 Å². The molecule has 21 heavy (non-hydrogen) atoms. The number of piperidine rings is 1. The summed E-state index contributed by atoms with van der Waals surface area (Å²) in [4.78, 5) is 23.5. The van der Waals surface area contributed by atoms with Crippen molar-refractivity contribution in [3.05, 3.63) is 6.20 Å². The molecule has 2 amide bonds. The Kier molecular flexibility index (Phi) is 4.14. The van der Waals surface area contributed by atoms with Gasteiger partial charge in [-0.3, -0.25) is 9.59 Å². The Labute approximate surface area is 122 Å². The molecule has 1 saturated heterocycles. The average Bonchev–Trinajstić information content (AvgIpc) is 3.23. The van der Waals surface area contributed by atoms with Crippen LogP contribution in [0.4, 0.5) is 5.82 Å². The molecule has 0 aromatic carbocycles. The van der Waals surface area contributed by atoms with Gasteiger partial charge in [0, 0.05) is 12.0 Å². The van der Waals surface area contributed by atoms with Crippen molar-refractivity contribution in [1.29, 1.82) is 0 Å². The van der Waals surface area contributed by atoms with Crippen LogP contribution in [-0.2, 0) is 16.1 Å². The summed E-state index contributed by atoms with van der Waals surface area (Å²) in [5.41, 5.74) is 0. The van der Waals surface area contributed by atoms with Gasteiger partial charge in [-0.05, 0) is 38.8 Å². The van der Waals surface area contributed by atoms with Gasteiger partial charge in [0.05, 0.1) is 6.20 Å². The van der Waals surface area contributed by atoms with Gasteiger partial charge in [0.15, 0.2) is 5.82 Å². The van der Waals surface area contributed by atoms with Gasteiger partial charge >= 0.3 is 0 Å². The van der Waals surface area contributed by atoms with E-state index in [2.05, 4.69) is 26.3 Å².